The third-order valence-electron chi connectivity index (χ3n) is 5.17. The third kappa shape index (κ3) is 8.72. The number of alkyl halides is 3. The molecule has 1 fully saturated rings. The van der Waals surface area contributed by atoms with Crippen LogP contribution in [0.4, 0.5) is 23.7 Å². The second-order valence-electron chi connectivity index (χ2n) is 7.86. The van der Waals surface area contributed by atoms with Gasteiger partial charge in [0.1, 0.15) is 18.0 Å². The molecule has 0 unspecified atom stereocenters. The normalized spacial score (nSPS) is 17.7. The van der Waals surface area contributed by atoms with Crippen molar-refractivity contribution >= 4 is 23.6 Å². The number of carbonyl (C=O) groups is 3. The van der Waals surface area contributed by atoms with Gasteiger partial charge in [0.05, 0.1) is 6.10 Å². The van der Waals surface area contributed by atoms with Crippen molar-refractivity contribution in [1.29, 1.82) is 0 Å². The Hall–Kier alpha value is -3.96. The first-order chi connectivity index (χ1) is 16.6. The molecule has 35 heavy (non-hydrogen) atoms. The largest absolute Gasteiger partial charge is 0.573 e. The molecule has 4 N–H and O–H groups in total. The number of rotatable bonds is 8. The van der Waals surface area contributed by atoms with E-state index in [0.717, 1.165) is 12.1 Å². The van der Waals surface area contributed by atoms with E-state index in [4.69, 9.17) is 9.84 Å². The van der Waals surface area contributed by atoms with E-state index in [0.29, 0.717) is 42.7 Å². The molecular formula is C23H24F3N3O6. The summed E-state index contributed by atoms with van der Waals surface area (Å²) < 4.78 is 46.4. The van der Waals surface area contributed by atoms with E-state index in [2.05, 4.69) is 20.7 Å². The summed E-state index contributed by atoms with van der Waals surface area (Å²) >= 11 is 0. The van der Waals surface area contributed by atoms with Crippen LogP contribution in [0, 0.1) is 0 Å². The van der Waals surface area contributed by atoms with Crippen LogP contribution in [-0.2, 0) is 4.79 Å². The monoisotopic (exact) mass is 495 g/mol. The molecule has 0 aromatic heterocycles. The highest BCUT2D eigenvalue weighted by atomic mass is 19.4. The second kappa shape index (κ2) is 11.4. The van der Waals surface area contributed by atoms with Crippen LogP contribution in [0.2, 0.25) is 0 Å². The number of carboxylic acids is 1. The third-order valence-corrected chi connectivity index (χ3v) is 5.17. The SMILES string of the molecule is O=C(O)CNC(=O)c1ccc(O[C@H]2CC[C@H](NC(=O)Nc3ccc(OC(F)(F)F)cc3)CC2)cc1. The Labute approximate surface area is 198 Å². The minimum atomic E-state index is -4.78. The molecule has 1 saturated carbocycles. The van der Waals surface area contributed by atoms with Gasteiger partial charge in [0.25, 0.3) is 5.91 Å². The summed E-state index contributed by atoms with van der Waals surface area (Å²) in [6, 6.07) is 10.7. The Morgan fingerprint density at radius 2 is 1.51 bits per heavy atom. The maximum absolute atomic E-state index is 12.2. The Morgan fingerprint density at radius 1 is 0.914 bits per heavy atom. The van der Waals surface area contributed by atoms with Crippen LogP contribution in [0.15, 0.2) is 48.5 Å². The molecule has 3 rings (SSSR count). The lowest BCUT2D eigenvalue weighted by Crippen LogP contribution is -2.41. The number of benzene rings is 2. The Morgan fingerprint density at radius 3 is 2.09 bits per heavy atom. The van der Waals surface area contributed by atoms with E-state index in [-0.39, 0.29) is 17.9 Å². The van der Waals surface area contributed by atoms with Crippen LogP contribution in [0.25, 0.3) is 0 Å². The van der Waals surface area contributed by atoms with Crippen molar-refractivity contribution in [2.45, 2.75) is 44.2 Å². The molecule has 188 valence electrons. The number of carbonyl (C=O) groups excluding carboxylic acids is 2. The number of hydrogen-bond acceptors (Lipinski definition) is 5. The maximum Gasteiger partial charge on any atom is 0.573 e. The van der Waals surface area contributed by atoms with Gasteiger partial charge >= 0.3 is 18.4 Å². The molecule has 0 aliphatic heterocycles. The number of carboxylic acid groups (broad SMARTS) is 1. The van der Waals surface area contributed by atoms with E-state index in [1.807, 2.05) is 0 Å². The standard InChI is InChI=1S/C23H24F3N3O6/c24-23(25,26)35-19-11-5-16(6-12-19)29-22(33)28-15-3-9-18(10-4-15)34-17-7-1-14(2-8-17)21(32)27-13-20(30)31/h1-2,5-8,11-12,15,18H,3-4,9-10,13H2,(H,27,32)(H,30,31)(H2,28,29,33)/t15-,18-. The maximum atomic E-state index is 12.2. The lowest BCUT2D eigenvalue weighted by Gasteiger charge is -2.29. The molecule has 0 bridgehead atoms. The fourth-order valence-electron chi connectivity index (χ4n) is 3.55. The fourth-order valence-corrected chi connectivity index (χ4v) is 3.55. The number of halogens is 3. The Bertz CT molecular complexity index is 1020. The zero-order chi connectivity index (χ0) is 25.4. The summed E-state index contributed by atoms with van der Waals surface area (Å²) in [6.45, 7) is -0.463. The number of amides is 3. The highest BCUT2D eigenvalue weighted by Crippen LogP contribution is 2.25. The summed E-state index contributed by atoms with van der Waals surface area (Å²) in [7, 11) is 0. The van der Waals surface area contributed by atoms with Crippen molar-refractivity contribution in [1.82, 2.24) is 10.6 Å². The first-order valence-corrected chi connectivity index (χ1v) is 10.8. The average molecular weight is 495 g/mol. The van der Waals surface area contributed by atoms with Crippen molar-refractivity contribution in [3.63, 3.8) is 0 Å². The van der Waals surface area contributed by atoms with E-state index >= 15 is 0 Å². The Balaban J connectivity index is 1.39. The smallest absolute Gasteiger partial charge is 0.490 e. The van der Waals surface area contributed by atoms with Gasteiger partial charge in [0.2, 0.25) is 0 Å². The molecule has 2 aromatic rings. The quantitative estimate of drug-likeness (QED) is 0.440. The van der Waals surface area contributed by atoms with Crippen LogP contribution < -0.4 is 25.4 Å². The molecule has 0 heterocycles. The van der Waals surface area contributed by atoms with Gasteiger partial charge in [-0.15, -0.1) is 13.2 Å². The second-order valence-corrected chi connectivity index (χ2v) is 7.86. The fraction of sp³-hybridized carbons (Fsp3) is 0.348. The predicted molar refractivity (Wildman–Crippen MR) is 118 cm³/mol. The minimum Gasteiger partial charge on any atom is -0.490 e. The lowest BCUT2D eigenvalue weighted by atomic mass is 9.93. The van der Waals surface area contributed by atoms with Crippen LogP contribution in [0.1, 0.15) is 36.0 Å². The molecule has 0 saturated heterocycles. The van der Waals surface area contributed by atoms with Crippen molar-refractivity contribution in [2.75, 3.05) is 11.9 Å². The van der Waals surface area contributed by atoms with Crippen LogP contribution in [0.5, 0.6) is 11.5 Å². The summed E-state index contributed by atoms with van der Waals surface area (Å²) in [5.41, 5.74) is 0.647. The molecular weight excluding hydrogens is 471 g/mol. The van der Waals surface area contributed by atoms with Crippen molar-refractivity contribution < 1.29 is 42.1 Å². The van der Waals surface area contributed by atoms with Crippen LogP contribution in [-0.4, -0.2) is 48.1 Å². The van der Waals surface area contributed by atoms with Crippen LogP contribution in [0.3, 0.4) is 0 Å². The number of aliphatic carboxylic acids is 1. The van der Waals surface area contributed by atoms with Crippen LogP contribution >= 0.6 is 0 Å². The molecule has 0 spiro atoms. The van der Waals surface area contributed by atoms with Gasteiger partial charge in [-0.25, -0.2) is 4.79 Å². The first-order valence-electron chi connectivity index (χ1n) is 10.8. The minimum absolute atomic E-state index is 0.0658. The van der Waals surface area contributed by atoms with E-state index in [1.54, 1.807) is 24.3 Å². The number of nitrogens with one attached hydrogen (secondary N) is 3. The molecule has 2 aromatic carbocycles. The van der Waals surface area contributed by atoms with Gasteiger partial charge in [-0.3, -0.25) is 9.59 Å². The summed E-state index contributed by atoms with van der Waals surface area (Å²) in [6.07, 6.45) is -2.12. The zero-order valence-corrected chi connectivity index (χ0v) is 18.4. The van der Waals surface area contributed by atoms with Gasteiger partial charge in [-0.05, 0) is 74.2 Å². The van der Waals surface area contributed by atoms with Crippen molar-refractivity contribution in [3.8, 4) is 11.5 Å². The molecule has 0 atom stereocenters. The van der Waals surface area contributed by atoms with Gasteiger partial charge in [0.15, 0.2) is 0 Å². The number of hydrogen-bond donors (Lipinski definition) is 4. The number of ether oxygens (including phenoxy) is 2. The van der Waals surface area contributed by atoms with Gasteiger partial charge in [0, 0.05) is 17.3 Å². The van der Waals surface area contributed by atoms with Gasteiger partial charge in [-0.2, -0.15) is 0 Å². The summed E-state index contributed by atoms with van der Waals surface area (Å²) in [4.78, 5) is 34.6. The van der Waals surface area contributed by atoms with E-state index < -0.39 is 30.8 Å². The van der Waals surface area contributed by atoms with Crippen molar-refractivity contribution in [2.24, 2.45) is 0 Å². The predicted octanol–water partition coefficient (Wildman–Crippen LogP) is 3.91. The van der Waals surface area contributed by atoms with Gasteiger partial charge in [-0.1, -0.05) is 0 Å². The Kier molecular flexibility index (Phi) is 8.39. The number of anilines is 1. The van der Waals surface area contributed by atoms with E-state index in [9.17, 15) is 27.6 Å². The number of urea groups is 1. The molecule has 9 nitrogen and oxygen atoms in total. The summed E-state index contributed by atoms with van der Waals surface area (Å²) in [5, 5.41) is 16.3. The molecule has 1 aliphatic rings. The highest BCUT2D eigenvalue weighted by molar-refractivity contribution is 5.95. The molecule has 0 radical (unpaired) electrons. The van der Waals surface area contributed by atoms with Gasteiger partial charge < -0.3 is 30.5 Å². The summed E-state index contributed by atoms with van der Waals surface area (Å²) in [5.74, 6) is -1.42. The lowest BCUT2D eigenvalue weighted by molar-refractivity contribution is -0.274. The average Bonchev–Trinajstić information content (AvgIpc) is 2.79. The molecule has 1 aliphatic carbocycles. The first kappa shape index (κ1) is 25.7. The highest BCUT2D eigenvalue weighted by Gasteiger charge is 2.31. The van der Waals surface area contributed by atoms with E-state index in [1.165, 1.54) is 12.1 Å². The zero-order valence-electron chi connectivity index (χ0n) is 18.4. The van der Waals surface area contributed by atoms with Crippen molar-refractivity contribution in [3.05, 3.63) is 54.1 Å². The molecule has 3 amide bonds. The molecule has 12 heteroatoms. The topological polar surface area (TPSA) is 126 Å².